The molecule has 110 valence electrons. The molecule has 0 radical (unpaired) electrons. The molecule has 0 aliphatic carbocycles. The third-order valence-electron chi connectivity index (χ3n) is 5.01. The minimum absolute atomic E-state index is 0.246. The van der Waals surface area contributed by atoms with Crippen LogP contribution in [0.2, 0.25) is 0 Å². The van der Waals surface area contributed by atoms with Crippen LogP contribution in [0.1, 0.15) is 36.6 Å². The highest BCUT2D eigenvalue weighted by atomic mass is 16.3. The summed E-state index contributed by atoms with van der Waals surface area (Å²) in [4.78, 5) is 1.48. The van der Waals surface area contributed by atoms with E-state index >= 15 is 0 Å². The van der Waals surface area contributed by atoms with Gasteiger partial charge in [0, 0.05) is 23.5 Å². The first-order valence-electron chi connectivity index (χ1n) is 7.79. The smallest absolute Gasteiger partial charge is 0.118 e. The Kier molecular flexibility index (Phi) is 4.09. The second-order valence-electron chi connectivity index (χ2n) is 6.26. The van der Waals surface area contributed by atoms with Crippen molar-refractivity contribution in [1.82, 2.24) is 0 Å². The second kappa shape index (κ2) is 6.00. The van der Waals surface area contributed by atoms with Crippen molar-refractivity contribution in [2.45, 2.75) is 31.5 Å². The van der Waals surface area contributed by atoms with E-state index in [1.54, 1.807) is 0 Å². The lowest BCUT2D eigenvalue weighted by Crippen LogP contribution is -3.11. The largest absolute Gasteiger partial charge is 0.392 e. The molecule has 0 aromatic heterocycles. The van der Waals surface area contributed by atoms with E-state index in [0.717, 1.165) is 6.42 Å². The van der Waals surface area contributed by atoms with E-state index in [-0.39, 0.29) is 12.0 Å². The Morgan fingerprint density at radius 2 is 1.43 bits per heavy atom. The average Bonchev–Trinajstić information content (AvgIpc) is 2.53. The first kappa shape index (κ1) is 14.3. The lowest BCUT2D eigenvalue weighted by Gasteiger charge is -2.43. The van der Waals surface area contributed by atoms with E-state index in [1.807, 2.05) is 0 Å². The van der Waals surface area contributed by atoms with Crippen molar-refractivity contribution in [3.8, 4) is 0 Å². The third kappa shape index (κ3) is 2.74. The molecule has 21 heavy (non-hydrogen) atoms. The molecule has 2 nitrogen and oxygen atoms in total. The lowest BCUT2D eigenvalue weighted by atomic mass is 9.79. The molecular weight excluding hydrogens is 258 g/mol. The molecule has 1 unspecified atom stereocenters. The van der Waals surface area contributed by atoms with Gasteiger partial charge in [-0.2, -0.15) is 0 Å². The van der Waals surface area contributed by atoms with Crippen LogP contribution < -0.4 is 4.90 Å². The first-order valence-corrected chi connectivity index (χ1v) is 7.79. The Balaban J connectivity index is 1.96. The summed E-state index contributed by atoms with van der Waals surface area (Å²) in [5.74, 6) is 0.271. The van der Waals surface area contributed by atoms with Crippen molar-refractivity contribution in [1.29, 1.82) is 0 Å². The van der Waals surface area contributed by atoms with E-state index in [0.29, 0.717) is 12.1 Å². The zero-order valence-electron chi connectivity index (χ0n) is 12.7. The molecule has 2 aromatic rings. The number of hydrogen-bond acceptors (Lipinski definition) is 1. The van der Waals surface area contributed by atoms with Gasteiger partial charge in [0.25, 0.3) is 0 Å². The Labute approximate surface area is 127 Å². The van der Waals surface area contributed by atoms with E-state index in [1.165, 1.54) is 16.0 Å². The molecule has 2 heteroatoms. The molecule has 2 aromatic carbocycles. The molecule has 3 rings (SSSR count). The van der Waals surface area contributed by atoms with Gasteiger partial charge in [0.1, 0.15) is 12.1 Å². The highest BCUT2D eigenvalue weighted by Crippen LogP contribution is 2.32. The summed E-state index contributed by atoms with van der Waals surface area (Å²) in [6.07, 6.45) is 0.587. The summed E-state index contributed by atoms with van der Waals surface area (Å²) in [5.41, 5.74) is 2.64. The lowest BCUT2D eigenvalue weighted by molar-refractivity contribution is -0.955. The van der Waals surface area contributed by atoms with Crippen molar-refractivity contribution in [3.63, 3.8) is 0 Å². The van der Waals surface area contributed by atoms with Gasteiger partial charge in [-0.15, -0.1) is 0 Å². The summed E-state index contributed by atoms with van der Waals surface area (Å²) in [6, 6.07) is 21.9. The van der Waals surface area contributed by atoms with Crippen LogP contribution in [0.3, 0.4) is 0 Å². The van der Waals surface area contributed by atoms with Crippen LogP contribution in [0.15, 0.2) is 60.7 Å². The fraction of sp³-hybridized carbons (Fsp3) is 0.368. The maximum atomic E-state index is 10.5. The number of nitrogens with one attached hydrogen (secondary N) is 1. The minimum atomic E-state index is -0.246. The van der Waals surface area contributed by atoms with Gasteiger partial charge < -0.3 is 10.0 Å². The average molecular weight is 282 g/mol. The number of rotatable bonds is 2. The first-order chi connectivity index (χ1) is 10.2. The van der Waals surface area contributed by atoms with Gasteiger partial charge in [0.15, 0.2) is 0 Å². The van der Waals surface area contributed by atoms with E-state index < -0.39 is 0 Å². The van der Waals surface area contributed by atoms with Gasteiger partial charge in [-0.25, -0.2) is 0 Å². The molecule has 0 amide bonds. The molecule has 1 saturated heterocycles. The molecule has 0 bridgehead atoms. The highest BCUT2D eigenvalue weighted by Gasteiger charge is 2.43. The molecule has 5 atom stereocenters. The van der Waals surface area contributed by atoms with Crippen molar-refractivity contribution >= 4 is 0 Å². The van der Waals surface area contributed by atoms with Crippen molar-refractivity contribution < 1.29 is 10.0 Å². The maximum absolute atomic E-state index is 10.5. The third-order valence-corrected chi connectivity index (χ3v) is 5.01. The van der Waals surface area contributed by atoms with Gasteiger partial charge in [0.2, 0.25) is 0 Å². The van der Waals surface area contributed by atoms with Crippen LogP contribution in [0.4, 0.5) is 0 Å². The molecule has 1 aliphatic rings. The molecule has 2 N–H and O–H groups in total. The van der Waals surface area contributed by atoms with Crippen molar-refractivity contribution in [2.24, 2.45) is 5.92 Å². The molecule has 1 aliphatic heterocycles. The zero-order valence-corrected chi connectivity index (χ0v) is 12.7. The van der Waals surface area contributed by atoms with E-state index in [2.05, 4.69) is 74.6 Å². The van der Waals surface area contributed by atoms with Crippen LogP contribution in [0, 0.1) is 5.92 Å². The Bertz CT molecular complexity index is 569. The molecule has 1 fully saturated rings. The number of aliphatic hydroxyl groups excluding tert-OH is 1. The van der Waals surface area contributed by atoms with Crippen LogP contribution in [-0.4, -0.2) is 18.3 Å². The second-order valence-corrected chi connectivity index (χ2v) is 6.26. The van der Waals surface area contributed by atoms with Gasteiger partial charge >= 0.3 is 0 Å². The Morgan fingerprint density at radius 3 is 2.00 bits per heavy atom. The summed E-state index contributed by atoms with van der Waals surface area (Å²) in [7, 11) is 2.26. The number of benzene rings is 2. The summed E-state index contributed by atoms with van der Waals surface area (Å²) in [6.45, 7) is 2.17. The Morgan fingerprint density at radius 1 is 0.905 bits per heavy atom. The molecule has 0 saturated carbocycles. The predicted molar refractivity (Wildman–Crippen MR) is 85.0 cm³/mol. The van der Waals surface area contributed by atoms with Crippen LogP contribution in [0.25, 0.3) is 0 Å². The number of aliphatic hydroxyl groups is 1. The normalized spacial score (nSPS) is 32.8. The molecular formula is C19H24NO+. The topological polar surface area (TPSA) is 24.7 Å². The summed E-state index contributed by atoms with van der Waals surface area (Å²) in [5, 5.41) is 10.5. The quantitative estimate of drug-likeness (QED) is 0.868. The van der Waals surface area contributed by atoms with Crippen LogP contribution >= 0.6 is 0 Å². The van der Waals surface area contributed by atoms with Gasteiger partial charge in [-0.05, 0) is 0 Å². The molecule has 0 spiro atoms. The summed E-state index contributed by atoms with van der Waals surface area (Å²) >= 11 is 0. The van der Waals surface area contributed by atoms with Gasteiger partial charge in [0.05, 0.1) is 13.2 Å². The maximum Gasteiger partial charge on any atom is 0.118 e. The number of quaternary nitrogens is 1. The Hall–Kier alpha value is -1.64. The number of likely N-dealkylation sites (tertiary alicyclic amines) is 1. The van der Waals surface area contributed by atoms with E-state index in [4.69, 9.17) is 0 Å². The van der Waals surface area contributed by atoms with Crippen LogP contribution in [0.5, 0.6) is 0 Å². The predicted octanol–water partition coefficient (Wildman–Crippen LogP) is 2.38. The van der Waals surface area contributed by atoms with Crippen molar-refractivity contribution in [2.75, 3.05) is 7.05 Å². The van der Waals surface area contributed by atoms with Gasteiger partial charge in [-0.1, -0.05) is 67.6 Å². The van der Waals surface area contributed by atoms with E-state index in [9.17, 15) is 5.11 Å². The number of piperidine rings is 1. The minimum Gasteiger partial charge on any atom is -0.392 e. The monoisotopic (exact) mass is 282 g/mol. The SMILES string of the molecule is C[C@@H]1[C@H](O)C[C@H](c2ccccc2)[NH+](C)[C@@H]1c1ccccc1. The highest BCUT2D eigenvalue weighted by molar-refractivity contribution is 5.21. The van der Waals surface area contributed by atoms with Gasteiger partial charge in [-0.3, -0.25) is 0 Å². The zero-order chi connectivity index (χ0) is 14.8. The summed E-state index contributed by atoms with van der Waals surface area (Å²) < 4.78 is 0. The van der Waals surface area contributed by atoms with Crippen molar-refractivity contribution in [3.05, 3.63) is 71.8 Å². The fourth-order valence-corrected chi connectivity index (χ4v) is 3.81. The molecule has 1 heterocycles. The standard InChI is InChI=1S/C19H23NO/c1-14-18(21)13-17(15-9-5-3-6-10-15)20(2)19(14)16-11-7-4-8-12-16/h3-12,14,17-19,21H,13H2,1-2H3/p+1/t14-,17-,18-,19+/m1/s1. The van der Waals surface area contributed by atoms with Crippen LogP contribution in [-0.2, 0) is 0 Å². The number of hydrogen-bond donors (Lipinski definition) is 2. The fourth-order valence-electron chi connectivity index (χ4n) is 3.81.